The lowest BCUT2D eigenvalue weighted by atomic mass is 9.86. The number of fused-ring (bicyclic) bond motifs is 1. The van der Waals surface area contributed by atoms with Crippen LogP contribution in [0.15, 0.2) is 0 Å². The zero-order chi connectivity index (χ0) is 19.4. The highest BCUT2D eigenvalue weighted by molar-refractivity contribution is 7.16. The van der Waals surface area contributed by atoms with Crippen molar-refractivity contribution in [2.75, 3.05) is 19.5 Å². The van der Waals surface area contributed by atoms with Crippen LogP contribution in [-0.2, 0) is 26.3 Å². The Morgan fingerprint density at radius 2 is 2.04 bits per heavy atom. The molecule has 2 heterocycles. The predicted molar refractivity (Wildman–Crippen MR) is 101 cm³/mol. The van der Waals surface area contributed by atoms with Gasteiger partial charge in [-0.2, -0.15) is 0 Å². The van der Waals surface area contributed by atoms with Crippen LogP contribution >= 0.6 is 11.3 Å². The van der Waals surface area contributed by atoms with E-state index in [4.69, 9.17) is 10.5 Å². The fraction of sp³-hybridized carbons (Fsp3) is 0.667. The molecule has 1 aliphatic heterocycles. The van der Waals surface area contributed by atoms with E-state index < -0.39 is 0 Å². The summed E-state index contributed by atoms with van der Waals surface area (Å²) in [6.45, 7) is 10.1. The molecular weight excluding hydrogens is 340 g/mol. The summed E-state index contributed by atoms with van der Waals surface area (Å²) in [7, 11) is 3.34. The summed E-state index contributed by atoms with van der Waals surface area (Å²) in [5.74, 6) is -0.370. The number of methoxy groups -OCH3 is 1. The van der Waals surface area contributed by atoms with E-state index in [9.17, 15) is 9.59 Å². The van der Waals surface area contributed by atoms with Crippen molar-refractivity contribution in [3.8, 4) is 0 Å². The smallest absolute Gasteiger partial charge is 0.251 e. The third-order valence-corrected chi connectivity index (χ3v) is 5.57. The number of rotatable bonds is 5. The van der Waals surface area contributed by atoms with Crippen molar-refractivity contribution in [1.29, 1.82) is 0 Å². The van der Waals surface area contributed by atoms with Crippen molar-refractivity contribution >= 4 is 28.5 Å². The number of amides is 1. The number of thiophene rings is 1. The van der Waals surface area contributed by atoms with Crippen LogP contribution in [-0.4, -0.2) is 38.1 Å². The van der Waals surface area contributed by atoms with E-state index in [1.54, 1.807) is 11.3 Å². The Kier molecular flexibility index (Phi) is 7.17. The third kappa shape index (κ3) is 5.03. The maximum Gasteiger partial charge on any atom is 0.251 e. The minimum absolute atomic E-state index is 0.194. The summed E-state index contributed by atoms with van der Waals surface area (Å²) in [5, 5.41) is 3.90. The Bertz CT molecular complexity index is 619. The summed E-state index contributed by atoms with van der Waals surface area (Å²) in [4.78, 5) is 22.6. The Balaban J connectivity index is 0.000000381. The Hall–Kier alpha value is -1.44. The molecule has 0 radical (unpaired) electrons. The number of hydrogen-bond donors (Lipinski definition) is 2. The molecule has 0 bridgehead atoms. The fourth-order valence-corrected chi connectivity index (χ4v) is 4.29. The van der Waals surface area contributed by atoms with Crippen molar-refractivity contribution in [1.82, 2.24) is 0 Å². The molecule has 0 aliphatic carbocycles. The Labute approximate surface area is 154 Å². The van der Waals surface area contributed by atoms with Gasteiger partial charge in [0.25, 0.3) is 5.91 Å². The van der Waals surface area contributed by atoms with Crippen LogP contribution in [0.1, 0.15) is 61.8 Å². The molecule has 1 aromatic heterocycles. The van der Waals surface area contributed by atoms with Crippen molar-refractivity contribution in [3.63, 3.8) is 0 Å². The normalized spacial score (nSPS) is 18.4. The molecule has 6 nitrogen and oxygen atoms in total. The number of nitrogens with two attached hydrogens (primary N) is 1. The first kappa shape index (κ1) is 21.6. The summed E-state index contributed by atoms with van der Waals surface area (Å²) in [6.07, 6.45) is 2.09. The van der Waals surface area contributed by atoms with Crippen molar-refractivity contribution in [3.05, 3.63) is 16.0 Å². The molecule has 1 aliphatic rings. The summed E-state index contributed by atoms with van der Waals surface area (Å²) in [6, 6.07) is 0. The maximum absolute atomic E-state index is 11.7. The third-order valence-electron chi connectivity index (χ3n) is 4.02. The van der Waals surface area contributed by atoms with Gasteiger partial charge in [0.05, 0.1) is 16.8 Å². The second-order valence-electron chi connectivity index (χ2n) is 7.10. The van der Waals surface area contributed by atoms with Crippen LogP contribution in [0, 0.1) is 0 Å². The molecule has 1 aromatic rings. The zero-order valence-electron chi connectivity index (χ0n) is 16.2. The minimum Gasteiger partial charge on any atom is -0.379 e. The quantitative estimate of drug-likeness (QED) is 0.777. The molecule has 1 amide bonds. The minimum atomic E-state index is -0.388. The highest BCUT2D eigenvalue weighted by Gasteiger charge is 2.42. The molecule has 0 saturated heterocycles. The SMILES string of the molecule is CCC(C=O)OC.CNc1sc2c(c1C(N)=O)CC(C)(C)OC2(C)C. The van der Waals surface area contributed by atoms with Gasteiger partial charge < -0.3 is 25.3 Å². The molecule has 3 N–H and O–H groups in total. The van der Waals surface area contributed by atoms with Crippen molar-refractivity contribution in [2.45, 2.75) is 64.8 Å². The summed E-state index contributed by atoms with van der Waals surface area (Å²) < 4.78 is 10.8. The molecule has 0 fully saturated rings. The number of carbonyl (C=O) groups is 2. The van der Waals surface area contributed by atoms with Crippen LogP contribution < -0.4 is 11.1 Å². The average molecular weight is 371 g/mol. The van der Waals surface area contributed by atoms with Gasteiger partial charge >= 0.3 is 0 Å². The number of nitrogens with one attached hydrogen (secondary N) is 1. The van der Waals surface area contributed by atoms with Gasteiger partial charge in [0.15, 0.2) is 0 Å². The van der Waals surface area contributed by atoms with Crippen LogP contribution in [0.4, 0.5) is 5.00 Å². The van der Waals surface area contributed by atoms with Gasteiger partial charge in [-0.1, -0.05) is 6.92 Å². The monoisotopic (exact) mass is 370 g/mol. The zero-order valence-corrected chi connectivity index (χ0v) is 17.0. The van der Waals surface area contributed by atoms with E-state index in [0.717, 1.165) is 28.1 Å². The average Bonchev–Trinajstić information content (AvgIpc) is 2.87. The highest BCUT2D eigenvalue weighted by atomic mass is 32.1. The number of ether oxygens (including phenoxy) is 2. The van der Waals surface area contributed by atoms with Crippen LogP contribution in [0.25, 0.3) is 0 Å². The van der Waals surface area contributed by atoms with Crippen LogP contribution in [0.5, 0.6) is 0 Å². The lowest BCUT2D eigenvalue weighted by Gasteiger charge is -2.41. The lowest BCUT2D eigenvalue weighted by Crippen LogP contribution is -2.42. The molecule has 142 valence electrons. The largest absolute Gasteiger partial charge is 0.379 e. The van der Waals surface area contributed by atoms with Crippen molar-refractivity contribution < 1.29 is 19.1 Å². The molecule has 1 unspecified atom stereocenters. The summed E-state index contributed by atoms with van der Waals surface area (Å²) >= 11 is 1.56. The van der Waals surface area contributed by atoms with Gasteiger partial charge in [-0.15, -0.1) is 11.3 Å². The standard InChI is InChI=1S/C13H20N2O2S.C5H10O2/c1-12(2)6-7-8(10(14)16)11(15-5)18-9(7)13(3,4)17-12;1-3-5(4-6)7-2/h15H,6H2,1-5H3,(H2,14,16);4-5H,3H2,1-2H3. The topological polar surface area (TPSA) is 90.6 Å². The van der Waals surface area contributed by atoms with Crippen LogP contribution in [0.2, 0.25) is 0 Å². The molecule has 25 heavy (non-hydrogen) atoms. The summed E-state index contributed by atoms with van der Waals surface area (Å²) in [5.41, 5.74) is 6.52. The molecule has 0 aromatic carbocycles. The second-order valence-corrected chi connectivity index (χ2v) is 8.12. The molecule has 0 spiro atoms. The van der Waals surface area contributed by atoms with E-state index in [2.05, 4.69) is 10.1 Å². The molecule has 2 rings (SSSR count). The lowest BCUT2D eigenvalue weighted by molar-refractivity contribution is -0.135. The Morgan fingerprint density at radius 3 is 2.40 bits per heavy atom. The van der Waals surface area contributed by atoms with E-state index in [1.165, 1.54) is 7.11 Å². The van der Waals surface area contributed by atoms with E-state index in [0.29, 0.717) is 12.0 Å². The number of anilines is 1. The first-order valence-corrected chi connectivity index (χ1v) is 9.16. The number of aldehydes is 1. The fourth-order valence-electron chi connectivity index (χ4n) is 3.07. The number of primary amides is 1. The Morgan fingerprint density at radius 1 is 1.44 bits per heavy atom. The first-order valence-electron chi connectivity index (χ1n) is 8.34. The molecule has 7 heteroatoms. The van der Waals surface area contributed by atoms with Crippen molar-refractivity contribution in [2.24, 2.45) is 5.73 Å². The van der Waals surface area contributed by atoms with Gasteiger partial charge in [-0.25, -0.2) is 0 Å². The van der Waals surface area contributed by atoms with Gasteiger partial charge in [0.1, 0.15) is 17.4 Å². The van der Waals surface area contributed by atoms with E-state index >= 15 is 0 Å². The van der Waals surface area contributed by atoms with E-state index in [1.807, 2.05) is 41.7 Å². The van der Waals surface area contributed by atoms with Gasteiger partial charge in [0, 0.05) is 25.5 Å². The highest BCUT2D eigenvalue weighted by Crippen LogP contribution is 2.47. The maximum atomic E-state index is 11.7. The number of carbonyl (C=O) groups excluding carboxylic acids is 2. The van der Waals surface area contributed by atoms with Gasteiger partial charge in [0.2, 0.25) is 0 Å². The predicted octanol–water partition coefficient (Wildman–Crippen LogP) is 3.09. The molecule has 1 atom stereocenters. The first-order chi connectivity index (χ1) is 11.5. The molecular formula is C18H30N2O4S. The van der Waals surface area contributed by atoms with Crippen LogP contribution in [0.3, 0.4) is 0 Å². The van der Waals surface area contributed by atoms with E-state index in [-0.39, 0.29) is 23.2 Å². The van der Waals surface area contributed by atoms with Gasteiger partial charge in [-0.3, -0.25) is 4.79 Å². The second kappa shape index (κ2) is 8.29. The van der Waals surface area contributed by atoms with Gasteiger partial charge in [-0.05, 0) is 39.7 Å². The molecule has 0 saturated carbocycles. The number of hydrogen-bond acceptors (Lipinski definition) is 6.